The Morgan fingerprint density at radius 1 is 1.00 bits per heavy atom. The number of piperidine rings is 1. The summed E-state index contributed by atoms with van der Waals surface area (Å²) in [5.41, 5.74) is 4.25. The fourth-order valence-electron chi connectivity index (χ4n) is 4.92. The fourth-order valence-corrected chi connectivity index (χ4v) is 4.92. The molecular formula is C28H35N5O2. The molecule has 1 aromatic heterocycles. The number of nitrogens with one attached hydrogen (secondary N) is 2. The molecule has 7 nitrogen and oxygen atoms in total. The summed E-state index contributed by atoms with van der Waals surface area (Å²) in [6, 6.07) is 19.2. The van der Waals surface area contributed by atoms with Gasteiger partial charge in [0.25, 0.3) is 5.91 Å². The normalized spacial score (nSPS) is 17.5. The lowest BCUT2D eigenvalue weighted by Crippen LogP contribution is -2.42. The molecule has 3 aromatic rings. The average molecular weight is 474 g/mol. The maximum Gasteiger partial charge on any atom is 0.251 e. The summed E-state index contributed by atoms with van der Waals surface area (Å²) in [5.74, 6) is -0.00260. The van der Waals surface area contributed by atoms with Gasteiger partial charge in [-0.1, -0.05) is 12.1 Å². The largest absolute Gasteiger partial charge is 0.379 e. The fraction of sp³-hybridized carbons (Fsp3) is 0.429. The Morgan fingerprint density at radius 3 is 2.60 bits per heavy atom. The molecular weight excluding hydrogens is 438 g/mol. The van der Waals surface area contributed by atoms with Crippen LogP contribution in [-0.4, -0.2) is 74.3 Å². The summed E-state index contributed by atoms with van der Waals surface area (Å²) >= 11 is 0. The van der Waals surface area contributed by atoms with Gasteiger partial charge in [0.2, 0.25) is 0 Å². The summed E-state index contributed by atoms with van der Waals surface area (Å²) in [5, 5.41) is 7.96. The first-order valence-corrected chi connectivity index (χ1v) is 12.7. The predicted octanol–water partition coefficient (Wildman–Crippen LogP) is 3.06. The summed E-state index contributed by atoms with van der Waals surface area (Å²) in [4.78, 5) is 21.6. The molecule has 0 unspecified atom stereocenters. The lowest BCUT2D eigenvalue weighted by atomic mass is 10.0. The van der Waals surface area contributed by atoms with Crippen LogP contribution in [0.2, 0.25) is 0 Å². The standard InChI is InChI=1S/C28H35N5O2/c34-28(30-12-15-32-16-18-35-19-17-32)23-4-6-26(7-5-23)33-13-9-25(10-14-33)31-21-22-3-8-27-24(20-22)2-1-11-29-27/h1-8,11,20,25,31H,9-10,12-19,21H2,(H,30,34). The minimum atomic E-state index is -0.00260. The number of nitrogens with zero attached hydrogens (tertiary/aromatic N) is 3. The van der Waals surface area contributed by atoms with Crippen molar-refractivity contribution in [1.82, 2.24) is 20.5 Å². The van der Waals surface area contributed by atoms with Gasteiger partial charge in [-0.25, -0.2) is 0 Å². The predicted molar refractivity (Wildman–Crippen MR) is 140 cm³/mol. The Hall–Kier alpha value is -3.00. The Labute approximate surface area is 207 Å². The maximum atomic E-state index is 12.5. The highest BCUT2D eigenvalue weighted by molar-refractivity contribution is 5.94. The van der Waals surface area contributed by atoms with Crippen LogP contribution < -0.4 is 15.5 Å². The number of amides is 1. The molecule has 0 bridgehead atoms. The van der Waals surface area contributed by atoms with E-state index in [1.54, 1.807) is 0 Å². The van der Waals surface area contributed by atoms with E-state index in [0.29, 0.717) is 12.6 Å². The third kappa shape index (κ3) is 6.36. The molecule has 0 spiro atoms. The van der Waals surface area contributed by atoms with Crippen molar-refractivity contribution >= 4 is 22.5 Å². The third-order valence-electron chi connectivity index (χ3n) is 7.07. The van der Waals surface area contributed by atoms with Crippen LogP contribution in [0.3, 0.4) is 0 Å². The van der Waals surface area contributed by atoms with E-state index in [0.717, 1.165) is 76.4 Å². The molecule has 0 aliphatic carbocycles. The molecule has 3 heterocycles. The Balaban J connectivity index is 1.05. The number of carbonyl (C=O) groups excluding carboxylic acids is 1. The second-order valence-electron chi connectivity index (χ2n) is 9.43. The zero-order valence-corrected chi connectivity index (χ0v) is 20.3. The van der Waals surface area contributed by atoms with E-state index in [9.17, 15) is 4.79 Å². The molecule has 1 amide bonds. The maximum absolute atomic E-state index is 12.5. The molecule has 7 heteroatoms. The van der Waals surface area contributed by atoms with Crippen molar-refractivity contribution in [3.8, 4) is 0 Å². The van der Waals surface area contributed by atoms with Crippen LogP contribution in [0.15, 0.2) is 60.8 Å². The Bertz CT molecular complexity index is 1110. The SMILES string of the molecule is O=C(NCCN1CCOCC1)c1ccc(N2CCC(NCc3ccc4ncccc4c3)CC2)cc1. The number of morpholine rings is 1. The number of ether oxygens (including phenoxy) is 1. The van der Waals surface area contributed by atoms with Crippen LogP contribution in [0, 0.1) is 0 Å². The topological polar surface area (TPSA) is 69.7 Å². The minimum Gasteiger partial charge on any atom is -0.379 e. The number of hydrogen-bond acceptors (Lipinski definition) is 6. The van der Waals surface area contributed by atoms with Gasteiger partial charge < -0.3 is 20.3 Å². The lowest BCUT2D eigenvalue weighted by molar-refractivity contribution is 0.0383. The summed E-state index contributed by atoms with van der Waals surface area (Å²) in [6.07, 6.45) is 4.06. The van der Waals surface area contributed by atoms with Gasteiger partial charge in [-0.3, -0.25) is 14.7 Å². The van der Waals surface area contributed by atoms with Gasteiger partial charge in [0, 0.05) is 74.7 Å². The molecule has 5 rings (SSSR count). The number of anilines is 1. The van der Waals surface area contributed by atoms with Gasteiger partial charge in [0.05, 0.1) is 18.7 Å². The highest BCUT2D eigenvalue weighted by Gasteiger charge is 2.19. The lowest BCUT2D eigenvalue weighted by Gasteiger charge is -2.34. The first-order valence-electron chi connectivity index (χ1n) is 12.7. The molecule has 0 atom stereocenters. The second kappa shape index (κ2) is 11.6. The number of rotatable bonds is 8. The molecule has 2 N–H and O–H groups in total. The zero-order valence-electron chi connectivity index (χ0n) is 20.3. The van der Waals surface area contributed by atoms with Crippen LogP contribution in [0.4, 0.5) is 5.69 Å². The van der Waals surface area contributed by atoms with E-state index in [4.69, 9.17) is 4.74 Å². The molecule has 2 aliphatic rings. The highest BCUT2D eigenvalue weighted by atomic mass is 16.5. The molecule has 2 saturated heterocycles. The average Bonchev–Trinajstić information content (AvgIpc) is 2.93. The van der Waals surface area contributed by atoms with E-state index in [1.165, 1.54) is 16.6 Å². The molecule has 35 heavy (non-hydrogen) atoms. The van der Waals surface area contributed by atoms with Gasteiger partial charge >= 0.3 is 0 Å². The summed E-state index contributed by atoms with van der Waals surface area (Å²) in [6.45, 7) is 7.90. The van der Waals surface area contributed by atoms with Crippen LogP contribution in [0.5, 0.6) is 0 Å². The number of aromatic nitrogens is 1. The molecule has 2 aromatic carbocycles. The van der Waals surface area contributed by atoms with E-state index in [-0.39, 0.29) is 5.91 Å². The van der Waals surface area contributed by atoms with E-state index >= 15 is 0 Å². The quantitative estimate of drug-likeness (QED) is 0.524. The van der Waals surface area contributed by atoms with Crippen molar-refractivity contribution in [3.63, 3.8) is 0 Å². The molecule has 2 fully saturated rings. The van der Waals surface area contributed by atoms with E-state index in [2.05, 4.69) is 61.8 Å². The second-order valence-corrected chi connectivity index (χ2v) is 9.43. The smallest absolute Gasteiger partial charge is 0.251 e. The summed E-state index contributed by atoms with van der Waals surface area (Å²) < 4.78 is 5.37. The Morgan fingerprint density at radius 2 is 1.80 bits per heavy atom. The van der Waals surface area contributed by atoms with Gasteiger partial charge in [-0.15, -0.1) is 0 Å². The van der Waals surface area contributed by atoms with Gasteiger partial charge in [-0.05, 0) is 60.9 Å². The van der Waals surface area contributed by atoms with Crippen molar-refractivity contribution in [2.75, 3.05) is 57.4 Å². The zero-order chi connectivity index (χ0) is 23.9. The van der Waals surface area contributed by atoms with Crippen molar-refractivity contribution < 1.29 is 9.53 Å². The van der Waals surface area contributed by atoms with Crippen molar-refractivity contribution in [3.05, 3.63) is 71.9 Å². The first-order chi connectivity index (χ1) is 17.2. The number of benzene rings is 2. The number of carbonyl (C=O) groups is 1. The number of fused-ring (bicyclic) bond motifs is 1. The van der Waals surface area contributed by atoms with E-state index in [1.807, 2.05) is 24.4 Å². The number of pyridine rings is 1. The first kappa shape index (κ1) is 23.7. The van der Waals surface area contributed by atoms with Crippen LogP contribution in [0.1, 0.15) is 28.8 Å². The highest BCUT2D eigenvalue weighted by Crippen LogP contribution is 2.21. The van der Waals surface area contributed by atoms with Crippen molar-refractivity contribution in [1.29, 1.82) is 0 Å². The van der Waals surface area contributed by atoms with Gasteiger partial charge in [-0.2, -0.15) is 0 Å². The summed E-state index contributed by atoms with van der Waals surface area (Å²) in [7, 11) is 0. The molecule has 0 saturated carbocycles. The van der Waals surface area contributed by atoms with Crippen LogP contribution in [-0.2, 0) is 11.3 Å². The minimum absolute atomic E-state index is 0.00260. The third-order valence-corrected chi connectivity index (χ3v) is 7.07. The number of hydrogen-bond donors (Lipinski definition) is 2. The van der Waals surface area contributed by atoms with E-state index < -0.39 is 0 Å². The van der Waals surface area contributed by atoms with Crippen molar-refractivity contribution in [2.45, 2.75) is 25.4 Å². The van der Waals surface area contributed by atoms with Gasteiger partial charge in [0.15, 0.2) is 0 Å². The molecule has 0 radical (unpaired) electrons. The molecule has 184 valence electrons. The monoisotopic (exact) mass is 473 g/mol. The van der Waals surface area contributed by atoms with Gasteiger partial charge in [0.1, 0.15) is 0 Å². The van der Waals surface area contributed by atoms with Crippen LogP contribution in [0.25, 0.3) is 10.9 Å². The van der Waals surface area contributed by atoms with Crippen LogP contribution >= 0.6 is 0 Å². The van der Waals surface area contributed by atoms with Crippen molar-refractivity contribution in [2.24, 2.45) is 0 Å². The molecule has 2 aliphatic heterocycles. The Kier molecular flexibility index (Phi) is 7.88.